The second-order valence-electron chi connectivity index (χ2n) is 9.71. The summed E-state index contributed by atoms with van der Waals surface area (Å²) in [5.41, 5.74) is -0.658. The number of hydrogen-bond acceptors (Lipinski definition) is 5. The zero-order chi connectivity index (χ0) is 18.8. The Balaban J connectivity index is 0.00000171. The minimum absolute atomic E-state index is 0. The van der Waals surface area contributed by atoms with Crippen molar-refractivity contribution in [3.8, 4) is 11.5 Å². The van der Waals surface area contributed by atoms with E-state index in [0.29, 0.717) is 34.6 Å². The predicted octanol–water partition coefficient (Wildman–Crippen LogP) is 1.61. The van der Waals surface area contributed by atoms with Crippen LogP contribution in [0.2, 0.25) is 0 Å². The van der Waals surface area contributed by atoms with Crippen molar-refractivity contribution in [2.24, 2.45) is 5.92 Å². The van der Waals surface area contributed by atoms with Crippen LogP contribution in [0.15, 0.2) is 12.1 Å². The first-order valence-electron chi connectivity index (χ1n) is 10.1. The molecule has 1 unspecified atom stereocenters. The molecule has 0 radical (unpaired) electrons. The largest absolute Gasteiger partial charge is 0.504 e. The van der Waals surface area contributed by atoms with E-state index in [1.54, 1.807) is 12.1 Å². The highest BCUT2D eigenvalue weighted by molar-refractivity contribution is 5.90. The van der Waals surface area contributed by atoms with Crippen molar-refractivity contribution in [3.63, 3.8) is 0 Å². The summed E-state index contributed by atoms with van der Waals surface area (Å²) in [6, 6.07) is 2.92. The number of likely N-dealkylation sites (N-methyl/N-ethyl adjacent to an activating group) is 1. The van der Waals surface area contributed by atoms with Gasteiger partial charge in [-0.2, -0.15) is 0 Å². The normalized spacial score (nSPS) is 45.1. The summed E-state index contributed by atoms with van der Waals surface area (Å²) in [4.78, 5) is 12.8. The van der Waals surface area contributed by atoms with E-state index in [0.717, 1.165) is 18.7 Å². The number of piperidine rings is 1. The molecule has 3 fully saturated rings. The zero-order valence-electron chi connectivity index (χ0n) is 16.5. The number of rotatable bonds is 2. The molecule has 2 bridgehead atoms. The van der Waals surface area contributed by atoms with Crippen LogP contribution in [0.3, 0.4) is 0 Å². The molecule has 6 rings (SSSR count). The quantitative estimate of drug-likeness (QED) is 0.530. The summed E-state index contributed by atoms with van der Waals surface area (Å²) in [5, 5.41) is 34.0. The summed E-state index contributed by atoms with van der Waals surface area (Å²) in [5.74, 6) is 0.938. The zero-order valence-corrected chi connectivity index (χ0v) is 16.5. The predicted molar refractivity (Wildman–Crippen MR) is 102 cm³/mol. The molecule has 1 aromatic carbocycles. The molecule has 3 aliphatic carbocycles. The summed E-state index contributed by atoms with van der Waals surface area (Å²) in [6.45, 7) is 1.75. The fraction of sp³-hybridized carbons (Fsp3) is 0.636. The van der Waals surface area contributed by atoms with Crippen LogP contribution in [0, 0.1) is 13.3 Å². The number of carbonyl (C=O) groups is 1. The number of carbonyl (C=O) groups excluding carboxylic acids is 1. The maximum absolute atomic E-state index is 12.8. The van der Waals surface area contributed by atoms with Crippen molar-refractivity contribution in [3.05, 3.63) is 30.7 Å². The fourth-order valence-electron chi connectivity index (χ4n) is 7.05. The third kappa shape index (κ3) is 1.83. The number of aromatic hydroxyl groups is 1. The lowest BCUT2D eigenvalue weighted by Crippen LogP contribution is -2.81. The molecule has 6 atom stereocenters. The lowest BCUT2D eigenvalue weighted by atomic mass is 9.48. The Bertz CT molecular complexity index is 882. The molecule has 2 aliphatic heterocycles. The van der Waals surface area contributed by atoms with E-state index in [-0.39, 0.29) is 31.4 Å². The highest BCUT2D eigenvalue weighted by Gasteiger charge is 2.78. The minimum Gasteiger partial charge on any atom is -0.504 e. The number of likely N-dealkylation sites (tertiary alicyclic amines) is 1. The van der Waals surface area contributed by atoms with Crippen molar-refractivity contribution < 1.29 is 29.3 Å². The summed E-state index contributed by atoms with van der Waals surface area (Å²) < 4.78 is 6.66. The van der Waals surface area contributed by atoms with Gasteiger partial charge in [-0.25, -0.2) is 0 Å². The highest BCUT2D eigenvalue weighted by atomic mass is 16.5. The van der Waals surface area contributed by atoms with Gasteiger partial charge in [-0.3, -0.25) is 4.79 Å². The first-order chi connectivity index (χ1) is 12.8. The van der Waals surface area contributed by atoms with E-state index < -0.39 is 23.2 Å². The van der Waals surface area contributed by atoms with Gasteiger partial charge >= 0.3 is 0 Å². The number of benzene rings is 1. The number of Topliss-reactive ketones (excluding diaryl/α,β-unsaturated/α-hetero) is 1. The molecule has 152 valence electrons. The van der Waals surface area contributed by atoms with Crippen LogP contribution in [0.1, 0.15) is 49.3 Å². The standard InChI is InChI=1S/C21H25NO5.CH3/c1-22(10-11-2-3-11)9-8-20-15-12-4-5-13(23)17(15)27-19(20)14(24)6-7-21(20,26)18(22)16(12)25;/h4-5,11,16,18-19,25-26H,2-3,6-10H2,1H3;1H3/q;-1/p+1/t16?,18-,19+,20+,21-,22-;/m1./s1. The summed E-state index contributed by atoms with van der Waals surface area (Å²) in [7, 11) is 2.16. The number of quaternary nitrogens is 1. The summed E-state index contributed by atoms with van der Waals surface area (Å²) in [6.07, 6.45) is 2.08. The fourth-order valence-corrected chi connectivity index (χ4v) is 7.05. The number of phenols is 1. The molecule has 0 amide bonds. The van der Waals surface area contributed by atoms with Crippen LogP contribution in [0.5, 0.6) is 11.5 Å². The van der Waals surface area contributed by atoms with Crippen molar-refractivity contribution in [2.75, 3.05) is 20.1 Å². The molecule has 1 saturated heterocycles. The smallest absolute Gasteiger partial charge is 0.174 e. The van der Waals surface area contributed by atoms with Gasteiger partial charge in [0.2, 0.25) is 0 Å². The van der Waals surface area contributed by atoms with Crippen molar-refractivity contribution in [2.45, 2.75) is 61.4 Å². The number of ether oxygens (including phenoxy) is 1. The molecule has 0 aromatic heterocycles. The number of aliphatic hydroxyl groups excluding tert-OH is 1. The monoisotopic (exact) mass is 387 g/mol. The lowest BCUT2D eigenvalue weighted by molar-refractivity contribution is -0.955. The van der Waals surface area contributed by atoms with E-state index >= 15 is 0 Å². The number of phenolic OH excluding ortho intramolecular Hbond substituents is 1. The third-order valence-electron chi connectivity index (χ3n) is 8.28. The molecule has 6 nitrogen and oxygen atoms in total. The van der Waals surface area contributed by atoms with Crippen molar-refractivity contribution in [1.82, 2.24) is 0 Å². The third-order valence-corrected chi connectivity index (χ3v) is 8.28. The average Bonchev–Trinajstić information content (AvgIpc) is 3.34. The highest BCUT2D eigenvalue weighted by Crippen LogP contribution is 2.67. The first kappa shape index (κ1) is 18.4. The van der Waals surface area contributed by atoms with Crippen LogP contribution >= 0.6 is 0 Å². The van der Waals surface area contributed by atoms with Gasteiger partial charge in [-0.05, 0) is 30.9 Å². The Kier molecular flexibility index (Phi) is 3.48. The van der Waals surface area contributed by atoms with Gasteiger partial charge in [0.15, 0.2) is 23.4 Å². The van der Waals surface area contributed by atoms with Gasteiger partial charge < -0.3 is 32.0 Å². The Hall–Kier alpha value is -1.63. The number of aliphatic hydroxyl groups is 2. The van der Waals surface area contributed by atoms with Gasteiger partial charge in [-0.1, -0.05) is 6.07 Å². The van der Waals surface area contributed by atoms with Gasteiger partial charge in [0.1, 0.15) is 17.7 Å². The molecular weight excluding hydrogens is 358 g/mol. The van der Waals surface area contributed by atoms with E-state index in [1.165, 1.54) is 12.8 Å². The van der Waals surface area contributed by atoms with Crippen molar-refractivity contribution in [1.29, 1.82) is 0 Å². The maximum atomic E-state index is 12.8. The second kappa shape index (κ2) is 5.29. The van der Waals surface area contributed by atoms with E-state index in [2.05, 4.69) is 7.05 Å². The molecule has 1 spiro atoms. The van der Waals surface area contributed by atoms with Crippen LogP contribution in [0.25, 0.3) is 0 Å². The number of nitrogens with zero attached hydrogens (tertiary/aromatic N) is 1. The van der Waals surface area contributed by atoms with Gasteiger partial charge in [-0.15, -0.1) is 0 Å². The second-order valence-corrected chi connectivity index (χ2v) is 9.71. The van der Waals surface area contributed by atoms with Crippen LogP contribution < -0.4 is 4.74 Å². The van der Waals surface area contributed by atoms with E-state index in [1.807, 2.05) is 0 Å². The van der Waals surface area contributed by atoms with Crippen LogP contribution in [0.4, 0.5) is 0 Å². The molecule has 5 aliphatic rings. The first-order valence-corrected chi connectivity index (χ1v) is 10.1. The number of hydrogen-bond donors (Lipinski definition) is 3. The van der Waals surface area contributed by atoms with Gasteiger partial charge in [0.05, 0.1) is 25.6 Å². The molecular formula is C22H29NO5. The SMILES string of the molecule is C[N@+]1(CC2CC2)CC[C@]23c4c5ccc(O)c4O[C@H]2C(=O)CC[C@@]3(O)[C@H]1C5O.[CH3-]. The molecule has 3 N–H and O–H groups in total. The molecule has 2 saturated carbocycles. The molecule has 28 heavy (non-hydrogen) atoms. The molecule has 1 aromatic rings. The lowest BCUT2D eigenvalue weighted by Gasteiger charge is -2.65. The van der Waals surface area contributed by atoms with E-state index in [4.69, 9.17) is 4.74 Å². The van der Waals surface area contributed by atoms with Crippen LogP contribution in [-0.4, -0.2) is 63.5 Å². The van der Waals surface area contributed by atoms with Gasteiger partial charge in [0.25, 0.3) is 0 Å². The van der Waals surface area contributed by atoms with Gasteiger partial charge in [0, 0.05) is 24.3 Å². The molecule has 6 heteroatoms. The number of ketones is 1. The summed E-state index contributed by atoms with van der Waals surface area (Å²) >= 11 is 0. The Morgan fingerprint density at radius 3 is 2.75 bits per heavy atom. The Morgan fingerprint density at radius 1 is 1.29 bits per heavy atom. The minimum atomic E-state index is -1.21. The average molecular weight is 387 g/mol. The van der Waals surface area contributed by atoms with Crippen molar-refractivity contribution >= 4 is 5.78 Å². The Morgan fingerprint density at radius 2 is 2.04 bits per heavy atom. The van der Waals surface area contributed by atoms with Crippen LogP contribution in [-0.2, 0) is 10.2 Å². The molecule has 2 heterocycles. The topological polar surface area (TPSA) is 87.0 Å². The Labute approximate surface area is 165 Å². The maximum Gasteiger partial charge on any atom is 0.174 e. The van der Waals surface area contributed by atoms with E-state index in [9.17, 15) is 20.1 Å².